The predicted molar refractivity (Wildman–Crippen MR) is 121 cm³/mol. The van der Waals surface area contributed by atoms with Crippen molar-refractivity contribution in [2.45, 2.75) is 46.0 Å². The van der Waals surface area contributed by atoms with Crippen molar-refractivity contribution in [1.82, 2.24) is 0 Å². The largest absolute Gasteiger partial charge is 0.363 e. The van der Waals surface area contributed by atoms with Crippen molar-refractivity contribution < 1.29 is 37.3 Å². The predicted octanol–water partition coefficient (Wildman–Crippen LogP) is 6.74. The van der Waals surface area contributed by atoms with Gasteiger partial charge in [-0.05, 0) is 57.0 Å². The normalized spacial score (nSPS) is 15.1. The van der Waals surface area contributed by atoms with Crippen LogP contribution in [0.2, 0.25) is 5.02 Å². The van der Waals surface area contributed by atoms with Gasteiger partial charge in [-0.3, -0.25) is 0 Å². The molecule has 0 fully saturated rings. The van der Waals surface area contributed by atoms with Gasteiger partial charge in [0.05, 0.1) is 10.4 Å². The van der Waals surface area contributed by atoms with Gasteiger partial charge >= 0.3 is 0 Å². The SMILES string of the molecule is CCCN(CCC)c1ccc(C=CC2=[N+](C)c3ccc(Cl)cc3C2(C)C)s1.[Y]. The smallest absolute Gasteiger partial charge is 0.209 e. The van der Waals surface area contributed by atoms with E-state index in [1.807, 2.05) is 17.4 Å². The number of anilines is 1. The quantitative estimate of drug-likeness (QED) is 0.389. The topological polar surface area (TPSA) is 6.25 Å². The minimum Gasteiger partial charge on any atom is -0.363 e. The van der Waals surface area contributed by atoms with Gasteiger partial charge in [0.1, 0.15) is 7.05 Å². The number of halogens is 1. The fourth-order valence-electron chi connectivity index (χ4n) is 3.94. The van der Waals surface area contributed by atoms with E-state index in [-0.39, 0.29) is 38.1 Å². The minimum absolute atomic E-state index is 0. The summed E-state index contributed by atoms with van der Waals surface area (Å²) in [5, 5.41) is 2.17. The molecule has 5 heteroatoms. The molecule has 0 spiro atoms. The van der Waals surface area contributed by atoms with E-state index in [4.69, 9.17) is 11.6 Å². The first-order chi connectivity index (χ1) is 12.9. The maximum absolute atomic E-state index is 6.25. The molecule has 2 nitrogen and oxygen atoms in total. The molecule has 1 aromatic heterocycles. The Balaban J connectivity index is 0.00000280. The van der Waals surface area contributed by atoms with Gasteiger partial charge in [-0.1, -0.05) is 25.4 Å². The van der Waals surface area contributed by atoms with E-state index in [1.54, 1.807) is 0 Å². The van der Waals surface area contributed by atoms with Crippen LogP contribution in [0.5, 0.6) is 0 Å². The van der Waals surface area contributed by atoms with Crippen molar-refractivity contribution in [2.75, 3.05) is 25.0 Å². The first-order valence-electron chi connectivity index (χ1n) is 9.82. The van der Waals surface area contributed by atoms with Gasteiger partial charge in [-0.25, -0.2) is 0 Å². The van der Waals surface area contributed by atoms with Crippen LogP contribution in [0.25, 0.3) is 6.08 Å². The maximum atomic E-state index is 6.25. The van der Waals surface area contributed by atoms with E-state index in [0.29, 0.717) is 0 Å². The van der Waals surface area contributed by atoms with Gasteiger partial charge in [-0.2, -0.15) is 4.58 Å². The number of benzene rings is 1. The van der Waals surface area contributed by atoms with Gasteiger partial charge in [-0.15, -0.1) is 11.3 Å². The van der Waals surface area contributed by atoms with Crippen LogP contribution < -0.4 is 4.90 Å². The number of thiophene rings is 1. The summed E-state index contributed by atoms with van der Waals surface area (Å²) >= 11 is 8.13. The van der Waals surface area contributed by atoms with E-state index in [9.17, 15) is 0 Å². The van der Waals surface area contributed by atoms with Gasteiger partial charge in [0, 0.05) is 73.4 Å². The van der Waals surface area contributed by atoms with Crippen LogP contribution in [0.15, 0.2) is 36.4 Å². The molecule has 0 aliphatic carbocycles. The molecule has 1 aliphatic heterocycles. The zero-order chi connectivity index (χ0) is 19.6. The zero-order valence-corrected chi connectivity index (χ0v) is 22.0. The number of hydrogen-bond donors (Lipinski definition) is 0. The Morgan fingerprint density at radius 3 is 2.39 bits per heavy atom. The molecule has 1 aromatic carbocycles. The van der Waals surface area contributed by atoms with Gasteiger partial charge in [0.2, 0.25) is 5.69 Å². The second-order valence-electron chi connectivity index (χ2n) is 7.73. The molecule has 1 aliphatic rings. The van der Waals surface area contributed by atoms with Gasteiger partial charge in [0.25, 0.3) is 0 Å². The van der Waals surface area contributed by atoms with Crippen LogP contribution in [-0.4, -0.2) is 30.4 Å². The van der Waals surface area contributed by atoms with Gasteiger partial charge < -0.3 is 4.90 Å². The van der Waals surface area contributed by atoms with Crippen LogP contribution >= 0.6 is 22.9 Å². The summed E-state index contributed by atoms with van der Waals surface area (Å²) in [5.41, 5.74) is 3.78. The third-order valence-electron chi connectivity index (χ3n) is 5.31. The Morgan fingerprint density at radius 2 is 1.75 bits per heavy atom. The summed E-state index contributed by atoms with van der Waals surface area (Å²) in [7, 11) is 2.14. The van der Waals surface area contributed by atoms with Gasteiger partial charge in [0.15, 0.2) is 5.71 Å². The molecule has 28 heavy (non-hydrogen) atoms. The zero-order valence-electron chi connectivity index (χ0n) is 17.6. The number of hydrogen-bond acceptors (Lipinski definition) is 2. The summed E-state index contributed by atoms with van der Waals surface area (Å²) in [6, 6.07) is 10.7. The van der Waals surface area contributed by atoms with Crippen LogP contribution in [0, 0.1) is 0 Å². The summed E-state index contributed by atoms with van der Waals surface area (Å²) < 4.78 is 2.29. The molecule has 1 radical (unpaired) electrons. The molecule has 147 valence electrons. The van der Waals surface area contributed by atoms with Crippen LogP contribution in [0.4, 0.5) is 10.7 Å². The van der Waals surface area contributed by atoms with Crippen molar-refractivity contribution in [3.05, 3.63) is 51.9 Å². The molecule has 0 unspecified atom stereocenters. The van der Waals surface area contributed by atoms with E-state index in [1.165, 1.54) is 39.7 Å². The molecule has 3 rings (SSSR count). The van der Waals surface area contributed by atoms with Crippen molar-refractivity contribution in [3.8, 4) is 0 Å². The van der Waals surface area contributed by atoms with Crippen molar-refractivity contribution >= 4 is 45.4 Å². The second-order valence-corrected chi connectivity index (χ2v) is 9.26. The van der Waals surface area contributed by atoms with Crippen molar-refractivity contribution in [2.24, 2.45) is 0 Å². The van der Waals surface area contributed by atoms with E-state index in [2.05, 4.69) is 80.6 Å². The Hall–Kier alpha value is -0.476. The summed E-state index contributed by atoms with van der Waals surface area (Å²) in [4.78, 5) is 3.80. The van der Waals surface area contributed by atoms with E-state index in [0.717, 1.165) is 18.1 Å². The molecular formula is C23H30ClN2SY+. The molecule has 0 saturated heterocycles. The Morgan fingerprint density at radius 1 is 1.07 bits per heavy atom. The average Bonchev–Trinajstić information content (AvgIpc) is 3.16. The maximum Gasteiger partial charge on any atom is 0.209 e. The molecule has 2 aromatic rings. The third-order valence-corrected chi connectivity index (χ3v) is 6.66. The Bertz CT molecular complexity index is 876. The molecule has 0 atom stereocenters. The molecule has 0 amide bonds. The van der Waals surface area contributed by atoms with Crippen LogP contribution in [-0.2, 0) is 38.1 Å². The third kappa shape index (κ3) is 4.80. The molecule has 0 bridgehead atoms. The standard InChI is InChI=1S/C23H30ClN2S.Y/c1-6-14-26(15-7-2)22-13-10-18(27-22)9-12-21-23(3,4)19-16-17(24)8-11-20(19)25(21)5;/h8-13,16H,6-7,14-15H2,1-5H3;/q+1;. The van der Waals surface area contributed by atoms with Crippen molar-refractivity contribution in [3.63, 3.8) is 0 Å². The molecular weight excluding hydrogens is 461 g/mol. The first kappa shape index (κ1) is 23.8. The molecule has 0 N–H and O–H groups in total. The van der Waals surface area contributed by atoms with E-state index >= 15 is 0 Å². The molecule has 0 saturated carbocycles. The minimum atomic E-state index is -0.0535. The van der Waals surface area contributed by atoms with Crippen molar-refractivity contribution in [1.29, 1.82) is 0 Å². The average molecular weight is 491 g/mol. The monoisotopic (exact) mass is 490 g/mol. The fraction of sp³-hybridized carbons (Fsp3) is 0.435. The Kier molecular flexibility index (Phi) is 8.52. The molecule has 2 heterocycles. The second kappa shape index (κ2) is 10.0. The van der Waals surface area contributed by atoms with Crippen LogP contribution in [0.3, 0.4) is 0 Å². The van der Waals surface area contributed by atoms with Crippen LogP contribution in [0.1, 0.15) is 51.0 Å². The van der Waals surface area contributed by atoms with E-state index < -0.39 is 0 Å². The summed E-state index contributed by atoms with van der Waals surface area (Å²) in [6.45, 7) is 11.3. The first-order valence-corrected chi connectivity index (χ1v) is 11.0. The summed E-state index contributed by atoms with van der Waals surface area (Å²) in [5.74, 6) is 0. The number of rotatable bonds is 7. The number of allylic oxidation sites excluding steroid dienone is 1. The number of nitrogens with zero attached hydrogens (tertiary/aromatic N) is 2. The number of fused-ring (bicyclic) bond motifs is 1. The summed E-state index contributed by atoms with van der Waals surface area (Å²) in [6.07, 6.45) is 6.89. The Labute approximate surface area is 204 Å². The fourth-order valence-corrected chi connectivity index (χ4v) is 5.08.